The van der Waals surface area contributed by atoms with Crippen molar-refractivity contribution in [3.05, 3.63) is 206 Å². The van der Waals surface area contributed by atoms with Crippen molar-refractivity contribution < 1.29 is 0 Å². The van der Waals surface area contributed by atoms with Crippen LogP contribution in [0.5, 0.6) is 0 Å². The van der Waals surface area contributed by atoms with Gasteiger partial charge in [0, 0.05) is 0 Å². The topological polar surface area (TPSA) is 0 Å². The van der Waals surface area contributed by atoms with Gasteiger partial charge in [0.15, 0.2) is 0 Å². The van der Waals surface area contributed by atoms with Crippen LogP contribution in [0.4, 0.5) is 0 Å². The summed E-state index contributed by atoms with van der Waals surface area (Å²) in [5.74, 6) is 0. The van der Waals surface area contributed by atoms with Crippen molar-refractivity contribution in [2.75, 3.05) is 0 Å². The Bertz CT molecular complexity index is 2540. The minimum Gasteiger partial charge on any atom is -0.0622 e. The molecule has 0 aliphatic carbocycles. The fraction of sp³-hybridized carbons (Fsp3) is 0. The quantitative estimate of drug-likeness (QED) is 0.160. The molecule has 0 heterocycles. The highest BCUT2D eigenvalue weighted by molar-refractivity contribution is 6.23. The molecule has 0 atom stereocenters. The van der Waals surface area contributed by atoms with Crippen LogP contribution < -0.4 is 0 Å². The fourth-order valence-corrected chi connectivity index (χ4v) is 7.60. The number of rotatable bonds is 6. The van der Waals surface area contributed by atoms with E-state index in [9.17, 15) is 0 Å². The summed E-state index contributed by atoms with van der Waals surface area (Å²) in [6, 6.07) is 74.9. The lowest BCUT2D eigenvalue weighted by Gasteiger charge is -2.22. The van der Waals surface area contributed by atoms with E-state index in [1.807, 2.05) is 0 Å². The number of fused-ring (bicyclic) bond motifs is 2. The average molecular weight is 635 g/mol. The highest BCUT2D eigenvalue weighted by Gasteiger charge is 2.21. The molecule has 0 nitrogen and oxygen atoms in total. The molecule has 234 valence electrons. The molecular weight excluding hydrogens is 601 g/mol. The maximum absolute atomic E-state index is 2.35. The van der Waals surface area contributed by atoms with Gasteiger partial charge in [0.1, 0.15) is 0 Å². The molecule has 0 aromatic heterocycles. The zero-order valence-corrected chi connectivity index (χ0v) is 27.6. The molecule has 0 bridgehead atoms. The molecule has 0 saturated carbocycles. The Morgan fingerprint density at radius 1 is 0.180 bits per heavy atom. The summed E-state index contributed by atoms with van der Waals surface area (Å²) >= 11 is 0. The molecular formula is C50H34. The van der Waals surface area contributed by atoms with Gasteiger partial charge in [-0.2, -0.15) is 0 Å². The van der Waals surface area contributed by atoms with Crippen molar-refractivity contribution in [3.8, 4) is 66.8 Å². The molecule has 0 saturated heterocycles. The van der Waals surface area contributed by atoms with Crippen LogP contribution in [0, 0.1) is 0 Å². The third-order valence-corrected chi connectivity index (χ3v) is 9.89. The van der Waals surface area contributed by atoms with Crippen molar-refractivity contribution in [2.45, 2.75) is 0 Å². The van der Waals surface area contributed by atoms with Gasteiger partial charge in [0.05, 0.1) is 0 Å². The highest BCUT2D eigenvalue weighted by atomic mass is 14.2. The third kappa shape index (κ3) is 5.28. The summed E-state index contributed by atoms with van der Waals surface area (Å²) < 4.78 is 0. The lowest BCUT2D eigenvalue weighted by Crippen LogP contribution is -1.95. The van der Waals surface area contributed by atoms with Crippen LogP contribution >= 0.6 is 0 Å². The predicted molar refractivity (Wildman–Crippen MR) is 214 cm³/mol. The molecule has 9 aromatic rings. The van der Waals surface area contributed by atoms with Crippen LogP contribution in [0.1, 0.15) is 0 Å². The first kappa shape index (κ1) is 29.6. The Kier molecular flexibility index (Phi) is 7.61. The van der Waals surface area contributed by atoms with Gasteiger partial charge in [0.2, 0.25) is 0 Å². The van der Waals surface area contributed by atoms with Gasteiger partial charge in [-0.1, -0.05) is 200 Å². The van der Waals surface area contributed by atoms with Crippen molar-refractivity contribution >= 4 is 21.5 Å². The maximum atomic E-state index is 2.35. The number of benzene rings is 9. The first-order chi connectivity index (χ1) is 24.8. The van der Waals surface area contributed by atoms with E-state index in [0.29, 0.717) is 0 Å². The van der Waals surface area contributed by atoms with E-state index >= 15 is 0 Å². The SMILES string of the molecule is c1ccc(-c2ccc(-c3cccc(-c4c5ccccc5c(-c5cccc(-c6ccccc6)c5)c5ccccc45)c3-c3ccccc3)cc2)cc1. The van der Waals surface area contributed by atoms with E-state index in [1.54, 1.807) is 0 Å². The van der Waals surface area contributed by atoms with Crippen molar-refractivity contribution in [1.29, 1.82) is 0 Å². The van der Waals surface area contributed by atoms with E-state index < -0.39 is 0 Å². The second kappa shape index (κ2) is 12.8. The number of hydrogen-bond donors (Lipinski definition) is 0. The van der Waals surface area contributed by atoms with Gasteiger partial charge in [-0.3, -0.25) is 0 Å². The minimum absolute atomic E-state index is 1.20. The first-order valence-corrected chi connectivity index (χ1v) is 17.3. The van der Waals surface area contributed by atoms with Gasteiger partial charge in [-0.15, -0.1) is 0 Å². The summed E-state index contributed by atoms with van der Waals surface area (Å²) in [5, 5.41) is 5.01. The highest BCUT2D eigenvalue weighted by Crippen LogP contribution is 2.48. The lowest BCUT2D eigenvalue weighted by molar-refractivity contribution is 1.56. The van der Waals surface area contributed by atoms with Crippen LogP contribution in [0.2, 0.25) is 0 Å². The molecule has 0 amide bonds. The minimum atomic E-state index is 1.20. The predicted octanol–water partition coefficient (Wildman–Crippen LogP) is 14.0. The van der Waals surface area contributed by atoms with Crippen LogP contribution in [-0.4, -0.2) is 0 Å². The summed E-state index contributed by atoms with van der Waals surface area (Å²) in [6.07, 6.45) is 0. The van der Waals surface area contributed by atoms with E-state index in [0.717, 1.165) is 0 Å². The van der Waals surface area contributed by atoms with Gasteiger partial charge in [0.25, 0.3) is 0 Å². The van der Waals surface area contributed by atoms with Crippen LogP contribution in [0.15, 0.2) is 206 Å². The Balaban J connectivity index is 1.31. The molecule has 0 aliphatic rings. The van der Waals surface area contributed by atoms with E-state index in [-0.39, 0.29) is 0 Å². The fourth-order valence-electron chi connectivity index (χ4n) is 7.60. The molecule has 50 heavy (non-hydrogen) atoms. The van der Waals surface area contributed by atoms with Crippen molar-refractivity contribution in [1.82, 2.24) is 0 Å². The van der Waals surface area contributed by atoms with Crippen LogP contribution in [0.3, 0.4) is 0 Å². The largest absolute Gasteiger partial charge is 0.0622 e. The normalized spacial score (nSPS) is 11.2. The molecule has 9 rings (SSSR count). The van der Waals surface area contributed by atoms with Gasteiger partial charge >= 0.3 is 0 Å². The van der Waals surface area contributed by atoms with E-state index in [1.165, 1.54) is 88.3 Å². The summed E-state index contributed by atoms with van der Waals surface area (Å²) in [4.78, 5) is 0. The zero-order chi connectivity index (χ0) is 33.3. The van der Waals surface area contributed by atoms with E-state index in [4.69, 9.17) is 0 Å². The van der Waals surface area contributed by atoms with Crippen LogP contribution in [-0.2, 0) is 0 Å². The second-order valence-corrected chi connectivity index (χ2v) is 12.8. The molecule has 0 fully saturated rings. The molecule has 0 N–H and O–H groups in total. The first-order valence-electron chi connectivity index (χ1n) is 17.3. The second-order valence-electron chi connectivity index (χ2n) is 12.8. The number of hydrogen-bond acceptors (Lipinski definition) is 0. The monoisotopic (exact) mass is 634 g/mol. The standard InChI is InChI=1S/C50H34/c1-4-16-35(17-5-1)37-30-32-38(33-31-37)42-28-15-29-47(48(42)39-20-8-3-9-21-39)50-45-26-12-10-24-43(45)49(44-25-11-13-27-46(44)50)41-23-14-22-40(34-41)36-18-6-2-7-19-36/h1-34H. The Hall–Kier alpha value is -6.50. The zero-order valence-electron chi connectivity index (χ0n) is 27.6. The summed E-state index contributed by atoms with van der Waals surface area (Å²) in [6.45, 7) is 0. The molecule has 0 aliphatic heterocycles. The van der Waals surface area contributed by atoms with Crippen LogP contribution in [0.25, 0.3) is 88.3 Å². The van der Waals surface area contributed by atoms with Crippen molar-refractivity contribution in [3.63, 3.8) is 0 Å². The van der Waals surface area contributed by atoms with Gasteiger partial charge in [-0.25, -0.2) is 0 Å². The molecule has 9 aromatic carbocycles. The summed E-state index contributed by atoms with van der Waals surface area (Å²) in [5.41, 5.74) is 14.8. The van der Waals surface area contributed by atoms with E-state index in [2.05, 4.69) is 206 Å². The maximum Gasteiger partial charge on any atom is -0.00199 e. The molecule has 0 radical (unpaired) electrons. The third-order valence-electron chi connectivity index (χ3n) is 9.89. The molecule has 0 spiro atoms. The lowest BCUT2D eigenvalue weighted by atomic mass is 9.81. The van der Waals surface area contributed by atoms with Gasteiger partial charge in [-0.05, 0) is 94.4 Å². The molecule has 0 unspecified atom stereocenters. The molecule has 0 heteroatoms. The Morgan fingerprint density at radius 3 is 1.14 bits per heavy atom. The smallest absolute Gasteiger partial charge is 0.00199 e. The average Bonchev–Trinajstić information content (AvgIpc) is 3.21. The Labute approximate surface area is 293 Å². The summed E-state index contributed by atoms with van der Waals surface area (Å²) in [7, 11) is 0. The van der Waals surface area contributed by atoms with Gasteiger partial charge < -0.3 is 0 Å². The van der Waals surface area contributed by atoms with Crippen molar-refractivity contribution in [2.24, 2.45) is 0 Å². The Morgan fingerprint density at radius 2 is 0.560 bits per heavy atom.